The van der Waals surface area contributed by atoms with Crippen LogP contribution in [0.25, 0.3) is 11.0 Å². The monoisotopic (exact) mass is 528 g/mol. The van der Waals surface area contributed by atoms with Gasteiger partial charge in [-0.05, 0) is 47.5 Å². The molecule has 4 aromatic rings. The lowest BCUT2D eigenvalue weighted by molar-refractivity contribution is 0.174. The Morgan fingerprint density at radius 3 is 2.79 bits per heavy atom. The summed E-state index contributed by atoms with van der Waals surface area (Å²) in [6, 6.07) is 16.8. The van der Waals surface area contributed by atoms with E-state index in [1.165, 1.54) is 0 Å². The quantitative estimate of drug-likeness (QED) is 0.338. The number of nitrogens with zero attached hydrogens (tertiary/aromatic N) is 2. The van der Waals surface area contributed by atoms with Gasteiger partial charge in [-0.2, -0.15) is 0 Å². The molecule has 2 unspecified atom stereocenters. The maximum Gasteiger partial charge on any atom is 0.231 e. The molecule has 0 spiro atoms. The highest BCUT2D eigenvalue weighted by molar-refractivity contribution is 6.31. The number of rotatable bonds is 4. The zero-order chi connectivity index (χ0) is 26.0. The Hall–Kier alpha value is -3.97. The molecule has 3 aliphatic rings. The summed E-state index contributed by atoms with van der Waals surface area (Å²) in [4.78, 5) is 21.2. The van der Waals surface area contributed by atoms with Crippen LogP contribution in [0.4, 0.5) is 0 Å². The first-order valence-corrected chi connectivity index (χ1v) is 13.0. The molecule has 192 valence electrons. The third kappa shape index (κ3) is 3.56. The van der Waals surface area contributed by atoms with Gasteiger partial charge >= 0.3 is 0 Å². The Morgan fingerprint density at radius 2 is 1.95 bits per heavy atom. The van der Waals surface area contributed by atoms with Crippen LogP contribution in [0.2, 0.25) is 5.02 Å². The van der Waals surface area contributed by atoms with Crippen LogP contribution in [-0.2, 0) is 6.42 Å². The van der Waals surface area contributed by atoms with Crippen LogP contribution in [0.3, 0.4) is 0 Å². The van der Waals surface area contributed by atoms with Gasteiger partial charge in [0.05, 0.1) is 25.1 Å². The molecule has 7 nitrogen and oxygen atoms in total. The molecule has 8 heteroatoms. The maximum absolute atomic E-state index is 14.0. The predicted molar refractivity (Wildman–Crippen MR) is 145 cm³/mol. The fourth-order valence-electron chi connectivity index (χ4n) is 5.92. The van der Waals surface area contributed by atoms with Crippen LogP contribution in [-0.4, -0.2) is 37.7 Å². The number of hydrogen-bond donors (Lipinski definition) is 0. The van der Waals surface area contributed by atoms with E-state index < -0.39 is 0 Å². The first-order chi connectivity index (χ1) is 18.5. The number of halogens is 1. The molecule has 2 atom stereocenters. The van der Waals surface area contributed by atoms with Crippen molar-refractivity contribution in [3.63, 3.8) is 0 Å². The van der Waals surface area contributed by atoms with Crippen molar-refractivity contribution in [2.45, 2.75) is 25.3 Å². The van der Waals surface area contributed by atoms with Gasteiger partial charge in [0.2, 0.25) is 6.79 Å². The van der Waals surface area contributed by atoms with Crippen LogP contribution in [0.1, 0.15) is 46.9 Å². The Kier molecular flexibility index (Phi) is 5.37. The molecule has 0 N–H and O–H groups in total. The molecule has 1 aromatic heterocycles. The lowest BCUT2D eigenvalue weighted by Crippen LogP contribution is -2.41. The molecule has 0 saturated carbocycles. The number of amidine groups is 1. The summed E-state index contributed by atoms with van der Waals surface area (Å²) >= 11 is 6.32. The molecule has 0 amide bonds. The zero-order valence-electron chi connectivity index (χ0n) is 21.0. The first-order valence-electron chi connectivity index (χ1n) is 12.6. The lowest BCUT2D eigenvalue weighted by atomic mass is 9.81. The number of hydrogen-bond acceptors (Lipinski definition) is 7. The van der Waals surface area contributed by atoms with Crippen LogP contribution in [0.15, 0.2) is 68.8 Å². The minimum absolute atomic E-state index is 0.0135. The maximum atomic E-state index is 14.0. The van der Waals surface area contributed by atoms with Crippen LogP contribution in [0, 0.1) is 0 Å². The number of fused-ring (bicyclic) bond motifs is 5. The standard InChI is InChI=1S/C30H25ClN2O5/c1-16-21-13-25-26(37-15-36-25)14-22(21)30-32-8-9-33(30)27(16)29-23(11-17-4-3-5-19(10-17)35-2)28(34)20-7-6-18(31)12-24(20)38-29/h3-7,10,12-14,16,27H,8-9,11,15H2,1-2H3. The van der Waals surface area contributed by atoms with Gasteiger partial charge in [-0.25, -0.2) is 0 Å². The minimum Gasteiger partial charge on any atom is -0.497 e. The Labute approximate surface area is 224 Å². The fraction of sp³-hybridized carbons (Fsp3) is 0.267. The number of ether oxygens (including phenoxy) is 3. The van der Waals surface area contributed by atoms with E-state index in [1.807, 2.05) is 36.4 Å². The smallest absolute Gasteiger partial charge is 0.231 e. The van der Waals surface area contributed by atoms with Gasteiger partial charge in [0.1, 0.15) is 22.9 Å². The van der Waals surface area contributed by atoms with Crippen molar-refractivity contribution in [2.24, 2.45) is 4.99 Å². The average Bonchev–Trinajstić information content (AvgIpc) is 3.59. The summed E-state index contributed by atoms with van der Waals surface area (Å²) in [6.07, 6.45) is 0.408. The second kappa shape index (κ2) is 8.81. The van der Waals surface area contributed by atoms with E-state index >= 15 is 0 Å². The average molecular weight is 529 g/mol. The van der Waals surface area contributed by atoms with Crippen LogP contribution >= 0.6 is 11.6 Å². The van der Waals surface area contributed by atoms with Crippen molar-refractivity contribution in [2.75, 3.05) is 27.0 Å². The second-order valence-corrected chi connectivity index (χ2v) is 10.3. The molecule has 4 heterocycles. The molecule has 38 heavy (non-hydrogen) atoms. The van der Waals surface area contributed by atoms with E-state index in [0.717, 1.165) is 46.3 Å². The Balaban J connectivity index is 1.44. The van der Waals surface area contributed by atoms with Crippen molar-refractivity contribution in [1.82, 2.24) is 4.90 Å². The van der Waals surface area contributed by atoms with Crippen molar-refractivity contribution in [3.05, 3.63) is 97.9 Å². The molecule has 0 bridgehead atoms. The van der Waals surface area contributed by atoms with Crippen LogP contribution < -0.4 is 19.6 Å². The largest absolute Gasteiger partial charge is 0.497 e. The molecule has 3 aliphatic heterocycles. The topological polar surface area (TPSA) is 73.5 Å². The van der Waals surface area contributed by atoms with E-state index in [0.29, 0.717) is 40.3 Å². The summed E-state index contributed by atoms with van der Waals surface area (Å²) < 4.78 is 23.4. The summed E-state index contributed by atoms with van der Waals surface area (Å²) in [5.41, 5.74) is 4.15. The molecule has 0 aliphatic carbocycles. The van der Waals surface area contributed by atoms with Gasteiger partial charge in [-0.3, -0.25) is 9.79 Å². The van der Waals surface area contributed by atoms with E-state index in [4.69, 9.17) is 35.2 Å². The van der Waals surface area contributed by atoms with Crippen molar-refractivity contribution >= 4 is 28.4 Å². The van der Waals surface area contributed by atoms with Crippen molar-refractivity contribution < 1.29 is 18.6 Å². The molecular weight excluding hydrogens is 504 g/mol. The van der Waals surface area contributed by atoms with Crippen molar-refractivity contribution in [3.8, 4) is 17.2 Å². The van der Waals surface area contributed by atoms with Gasteiger partial charge in [-0.1, -0.05) is 30.7 Å². The molecule has 0 saturated heterocycles. The number of benzene rings is 3. The zero-order valence-corrected chi connectivity index (χ0v) is 21.7. The number of aliphatic imine (C=N–C) groups is 1. The normalized spacial score (nSPS) is 19.3. The summed E-state index contributed by atoms with van der Waals surface area (Å²) in [5, 5.41) is 1.03. The van der Waals surface area contributed by atoms with Gasteiger partial charge < -0.3 is 23.5 Å². The third-order valence-corrected chi connectivity index (χ3v) is 7.96. The molecule has 0 radical (unpaired) electrons. The van der Waals surface area contributed by atoms with E-state index in [1.54, 1.807) is 25.3 Å². The van der Waals surface area contributed by atoms with Gasteiger partial charge in [-0.15, -0.1) is 0 Å². The molecule has 7 rings (SSSR count). The van der Waals surface area contributed by atoms with Gasteiger partial charge in [0, 0.05) is 41.1 Å². The van der Waals surface area contributed by atoms with E-state index in [2.05, 4.69) is 11.8 Å². The molecular formula is C30H25ClN2O5. The van der Waals surface area contributed by atoms with E-state index in [9.17, 15) is 4.79 Å². The predicted octanol–water partition coefficient (Wildman–Crippen LogP) is 5.70. The van der Waals surface area contributed by atoms with Gasteiger partial charge in [0.15, 0.2) is 16.9 Å². The minimum atomic E-state index is -0.235. The summed E-state index contributed by atoms with van der Waals surface area (Å²) in [7, 11) is 1.64. The number of methoxy groups -OCH3 is 1. The Morgan fingerprint density at radius 1 is 1.11 bits per heavy atom. The SMILES string of the molecule is COc1cccc(Cc2c(C3C(C)c4cc5c(cc4C4=NCCN43)OCO5)oc3cc(Cl)ccc3c2=O)c1. The van der Waals surface area contributed by atoms with E-state index in [-0.39, 0.29) is 24.2 Å². The first kappa shape index (κ1) is 23.2. The lowest BCUT2D eigenvalue weighted by Gasteiger charge is -2.40. The fourth-order valence-corrected chi connectivity index (χ4v) is 6.09. The molecule has 0 fully saturated rings. The highest BCUT2D eigenvalue weighted by atomic mass is 35.5. The summed E-state index contributed by atoms with van der Waals surface area (Å²) in [6.45, 7) is 3.77. The van der Waals surface area contributed by atoms with Gasteiger partial charge in [0.25, 0.3) is 0 Å². The highest BCUT2D eigenvalue weighted by Gasteiger charge is 2.43. The third-order valence-electron chi connectivity index (χ3n) is 7.72. The highest BCUT2D eigenvalue weighted by Crippen LogP contribution is 2.48. The summed E-state index contributed by atoms with van der Waals surface area (Å²) in [5.74, 6) is 3.71. The second-order valence-electron chi connectivity index (χ2n) is 9.87. The van der Waals surface area contributed by atoms with Crippen LogP contribution in [0.5, 0.6) is 17.2 Å². The van der Waals surface area contributed by atoms with Crippen molar-refractivity contribution in [1.29, 1.82) is 0 Å². The molecule has 3 aromatic carbocycles. The Bertz CT molecular complexity index is 1690.